The number of para-hydroxylation sites is 1. The molecule has 0 saturated heterocycles. The molecule has 1 atom stereocenters. The SMILES string of the molecule is CC(NC(=O)c1ccccc1N1C(=O)c2ccccc2C1=O)C(=O)O. The lowest BCUT2D eigenvalue weighted by atomic mass is 10.1. The molecular weight excluding hydrogens is 324 g/mol. The van der Waals surface area contributed by atoms with E-state index in [9.17, 15) is 19.2 Å². The highest BCUT2D eigenvalue weighted by Gasteiger charge is 2.38. The van der Waals surface area contributed by atoms with Crippen molar-refractivity contribution in [2.45, 2.75) is 13.0 Å². The van der Waals surface area contributed by atoms with E-state index in [2.05, 4.69) is 5.32 Å². The van der Waals surface area contributed by atoms with Crippen LogP contribution in [0.2, 0.25) is 0 Å². The third-order valence-corrected chi connectivity index (χ3v) is 3.90. The molecule has 3 amide bonds. The van der Waals surface area contributed by atoms with Crippen LogP contribution in [0.4, 0.5) is 5.69 Å². The van der Waals surface area contributed by atoms with Gasteiger partial charge in [-0.1, -0.05) is 24.3 Å². The maximum Gasteiger partial charge on any atom is 0.325 e. The first kappa shape index (κ1) is 16.4. The summed E-state index contributed by atoms with van der Waals surface area (Å²) in [5.41, 5.74) is 0.692. The minimum absolute atomic E-state index is 0.0464. The molecule has 1 heterocycles. The number of carboxylic acids is 1. The number of carboxylic acid groups (broad SMARTS) is 1. The lowest BCUT2D eigenvalue weighted by Crippen LogP contribution is -2.39. The Kier molecular flexibility index (Phi) is 4.06. The summed E-state index contributed by atoms with van der Waals surface area (Å²) in [6.07, 6.45) is 0. The maximum absolute atomic E-state index is 12.6. The average Bonchev–Trinajstić information content (AvgIpc) is 2.86. The molecule has 0 spiro atoms. The van der Waals surface area contributed by atoms with E-state index >= 15 is 0 Å². The first-order valence-corrected chi connectivity index (χ1v) is 7.52. The van der Waals surface area contributed by atoms with Crippen molar-refractivity contribution in [1.82, 2.24) is 5.32 Å². The van der Waals surface area contributed by atoms with Gasteiger partial charge in [-0.25, -0.2) is 4.90 Å². The molecule has 7 nitrogen and oxygen atoms in total. The van der Waals surface area contributed by atoms with Gasteiger partial charge in [-0.05, 0) is 31.2 Å². The Balaban J connectivity index is 2.00. The first-order valence-electron chi connectivity index (χ1n) is 7.52. The van der Waals surface area contributed by atoms with Crippen molar-refractivity contribution in [1.29, 1.82) is 0 Å². The van der Waals surface area contributed by atoms with Gasteiger partial charge in [-0.3, -0.25) is 19.2 Å². The minimum Gasteiger partial charge on any atom is -0.480 e. The van der Waals surface area contributed by atoms with Gasteiger partial charge in [0.1, 0.15) is 6.04 Å². The van der Waals surface area contributed by atoms with Crippen LogP contribution in [0.25, 0.3) is 0 Å². The first-order chi connectivity index (χ1) is 11.9. The van der Waals surface area contributed by atoms with Gasteiger partial charge in [0.15, 0.2) is 0 Å². The maximum atomic E-state index is 12.6. The van der Waals surface area contributed by atoms with Crippen molar-refractivity contribution in [3.8, 4) is 0 Å². The average molecular weight is 338 g/mol. The third-order valence-electron chi connectivity index (χ3n) is 3.90. The molecule has 0 aromatic heterocycles. The quantitative estimate of drug-likeness (QED) is 0.826. The number of carbonyl (C=O) groups excluding carboxylic acids is 3. The normalized spacial score (nSPS) is 14.2. The molecule has 25 heavy (non-hydrogen) atoms. The molecule has 1 aliphatic rings. The van der Waals surface area contributed by atoms with E-state index in [0.29, 0.717) is 0 Å². The highest BCUT2D eigenvalue weighted by atomic mass is 16.4. The van der Waals surface area contributed by atoms with Gasteiger partial charge in [0.25, 0.3) is 17.7 Å². The number of carbonyl (C=O) groups is 4. The van der Waals surface area contributed by atoms with Crippen molar-refractivity contribution >= 4 is 29.4 Å². The lowest BCUT2D eigenvalue weighted by molar-refractivity contribution is -0.138. The van der Waals surface area contributed by atoms with Crippen molar-refractivity contribution in [3.63, 3.8) is 0 Å². The second-order valence-corrected chi connectivity index (χ2v) is 5.54. The van der Waals surface area contributed by atoms with Crippen LogP contribution in [0.15, 0.2) is 48.5 Å². The van der Waals surface area contributed by atoms with Crippen LogP contribution >= 0.6 is 0 Å². The monoisotopic (exact) mass is 338 g/mol. The predicted molar refractivity (Wildman–Crippen MR) is 88.6 cm³/mol. The van der Waals surface area contributed by atoms with Gasteiger partial charge in [0, 0.05) is 0 Å². The summed E-state index contributed by atoms with van der Waals surface area (Å²) >= 11 is 0. The highest BCUT2D eigenvalue weighted by molar-refractivity contribution is 6.35. The van der Waals surface area contributed by atoms with Gasteiger partial charge >= 0.3 is 5.97 Å². The standard InChI is InChI=1S/C18H14N2O5/c1-10(18(24)25)19-15(21)13-8-4-5-9-14(13)20-16(22)11-6-2-3-7-12(11)17(20)23/h2-10H,1H3,(H,19,21)(H,24,25). The van der Waals surface area contributed by atoms with Crippen LogP contribution in [-0.4, -0.2) is 34.8 Å². The molecule has 1 unspecified atom stereocenters. The molecule has 7 heteroatoms. The number of nitrogens with zero attached hydrogens (tertiary/aromatic N) is 1. The molecule has 0 aliphatic carbocycles. The van der Waals surface area contributed by atoms with Crippen molar-refractivity contribution in [3.05, 3.63) is 65.2 Å². The molecule has 1 aliphatic heterocycles. The second kappa shape index (κ2) is 6.20. The number of aliphatic carboxylic acids is 1. The topological polar surface area (TPSA) is 104 Å². The molecule has 0 fully saturated rings. The molecule has 2 N–H and O–H groups in total. The number of anilines is 1. The fourth-order valence-electron chi connectivity index (χ4n) is 2.60. The van der Waals surface area contributed by atoms with E-state index in [1.54, 1.807) is 36.4 Å². The Bertz CT molecular complexity index is 871. The Labute approximate surface area is 142 Å². The van der Waals surface area contributed by atoms with Gasteiger partial charge in [0.05, 0.1) is 22.4 Å². The van der Waals surface area contributed by atoms with E-state index in [1.165, 1.54) is 19.1 Å². The summed E-state index contributed by atoms with van der Waals surface area (Å²) in [5.74, 6) is -2.91. The molecule has 0 saturated carbocycles. The molecule has 126 valence electrons. The van der Waals surface area contributed by atoms with E-state index < -0.39 is 29.7 Å². The largest absolute Gasteiger partial charge is 0.480 e. The number of fused-ring (bicyclic) bond motifs is 1. The van der Waals surface area contributed by atoms with Crippen LogP contribution in [0.5, 0.6) is 0 Å². The molecule has 0 bridgehead atoms. The van der Waals surface area contributed by atoms with E-state index in [0.717, 1.165) is 4.90 Å². The number of rotatable bonds is 4. The minimum atomic E-state index is -1.19. The Morgan fingerprint density at radius 2 is 1.48 bits per heavy atom. The fourth-order valence-corrected chi connectivity index (χ4v) is 2.60. The molecule has 2 aromatic carbocycles. The van der Waals surface area contributed by atoms with Gasteiger partial charge in [-0.2, -0.15) is 0 Å². The predicted octanol–water partition coefficient (Wildman–Crippen LogP) is 1.69. The van der Waals surface area contributed by atoms with Gasteiger partial charge in [0.2, 0.25) is 0 Å². The smallest absolute Gasteiger partial charge is 0.325 e. The zero-order chi connectivity index (χ0) is 18.1. The van der Waals surface area contributed by atoms with Crippen molar-refractivity contribution < 1.29 is 24.3 Å². The van der Waals surface area contributed by atoms with E-state index in [4.69, 9.17) is 5.11 Å². The van der Waals surface area contributed by atoms with E-state index in [1.807, 2.05) is 0 Å². The number of benzene rings is 2. The van der Waals surface area contributed by atoms with Crippen LogP contribution in [0.1, 0.15) is 38.0 Å². The summed E-state index contributed by atoms with van der Waals surface area (Å²) in [7, 11) is 0. The van der Waals surface area contributed by atoms with Gasteiger partial charge < -0.3 is 10.4 Å². The lowest BCUT2D eigenvalue weighted by Gasteiger charge is -2.18. The zero-order valence-electron chi connectivity index (χ0n) is 13.2. The summed E-state index contributed by atoms with van der Waals surface area (Å²) in [4.78, 5) is 49.4. The van der Waals surface area contributed by atoms with Crippen molar-refractivity contribution in [2.75, 3.05) is 4.90 Å². The molecular formula is C18H14N2O5. The number of amides is 3. The fraction of sp³-hybridized carbons (Fsp3) is 0.111. The highest BCUT2D eigenvalue weighted by Crippen LogP contribution is 2.30. The second-order valence-electron chi connectivity index (χ2n) is 5.54. The zero-order valence-corrected chi connectivity index (χ0v) is 13.2. The molecule has 3 rings (SSSR count). The van der Waals surface area contributed by atoms with Crippen LogP contribution in [0.3, 0.4) is 0 Å². The van der Waals surface area contributed by atoms with Crippen LogP contribution in [-0.2, 0) is 4.79 Å². The van der Waals surface area contributed by atoms with E-state index in [-0.39, 0.29) is 22.4 Å². The van der Waals surface area contributed by atoms with Crippen molar-refractivity contribution in [2.24, 2.45) is 0 Å². The molecule has 2 aromatic rings. The number of nitrogens with one attached hydrogen (secondary N) is 1. The Morgan fingerprint density at radius 3 is 2.04 bits per heavy atom. The Hall–Kier alpha value is -3.48. The third kappa shape index (κ3) is 2.76. The van der Waals surface area contributed by atoms with Crippen LogP contribution in [0, 0.1) is 0 Å². The summed E-state index contributed by atoms with van der Waals surface area (Å²) in [5, 5.41) is 11.3. The summed E-state index contributed by atoms with van der Waals surface area (Å²) in [6, 6.07) is 11.4. The summed E-state index contributed by atoms with van der Waals surface area (Å²) in [6.45, 7) is 1.32. The van der Waals surface area contributed by atoms with Gasteiger partial charge in [-0.15, -0.1) is 0 Å². The summed E-state index contributed by atoms with van der Waals surface area (Å²) < 4.78 is 0. The Morgan fingerprint density at radius 1 is 0.960 bits per heavy atom. The molecule has 0 radical (unpaired) electrons. The van der Waals surface area contributed by atoms with Crippen LogP contribution < -0.4 is 10.2 Å². The number of imide groups is 1. The number of hydrogen-bond donors (Lipinski definition) is 2. The number of hydrogen-bond acceptors (Lipinski definition) is 4.